The van der Waals surface area contributed by atoms with Gasteiger partial charge in [-0.15, -0.1) is 0 Å². The Hall–Kier alpha value is -1.29. The number of hydrogen-bond acceptors (Lipinski definition) is 4. The molecule has 0 radical (unpaired) electrons. The minimum Gasteiger partial charge on any atom is -0.490 e. The third kappa shape index (κ3) is 2.93. The third-order valence-electron chi connectivity index (χ3n) is 3.38. The number of piperidine rings is 1. The molecule has 0 bridgehead atoms. The van der Waals surface area contributed by atoms with Crippen molar-refractivity contribution in [3.63, 3.8) is 0 Å². The average Bonchev–Trinajstić information content (AvgIpc) is 2.43. The van der Waals surface area contributed by atoms with Crippen molar-refractivity contribution in [3.05, 3.63) is 18.3 Å². The molecular weight excluding hydrogens is 226 g/mol. The van der Waals surface area contributed by atoms with Crippen LogP contribution in [-0.4, -0.2) is 37.3 Å². The predicted octanol–water partition coefficient (Wildman–Crippen LogP) is 2.06. The summed E-state index contributed by atoms with van der Waals surface area (Å²) in [6.07, 6.45) is 4.30. The van der Waals surface area contributed by atoms with Gasteiger partial charge in [-0.2, -0.15) is 0 Å². The Morgan fingerprint density at radius 1 is 1.50 bits per heavy atom. The van der Waals surface area contributed by atoms with Gasteiger partial charge in [0, 0.05) is 25.3 Å². The number of rotatable bonds is 5. The molecule has 4 nitrogen and oxygen atoms in total. The first-order chi connectivity index (χ1) is 8.86. The van der Waals surface area contributed by atoms with E-state index in [4.69, 9.17) is 4.74 Å². The zero-order valence-corrected chi connectivity index (χ0v) is 11.4. The van der Waals surface area contributed by atoms with E-state index >= 15 is 0 Å². The number of likely N-dealkylation sites (N-methyl/N-ethyl adjacent to an activating group) is 1. The molecule has 4 heteroatoms. The van der Waals surface area contributed by atoms with E-state index in [1.807, 2.05) is 25.3 Å². The van der Waals surface area contributed by atoms with Crippen molar-refractivity contribution in [2.24, 2.45) is 0 Å². The van der Waals surface area contributed by atoms with Gasteiger partial charge in [-0.05, 0) is 45.4 Å². The normalized spacial score (nSPS) is 19.6. The fraction of sp³-hybridized carbons (Fsp3) is 0.643. The molecule has 0 aliphatic carbocycles. The molecule has 0 amide bonds. The van der Waals surface area contributed by atoms with Crippen LogP contribution in [0, 0.1) is 0 Å². The van der Waals surface area contributed by atoms with E-state index in [0.717, 1.165) is 31.2 Å². The Kier molecular flexibility index (Phi) is 4.81. The van der Waals surface area contributed by atoms with E-state index in [-0.39, 0.29) is 0 Å². The van der Waals surface area contributed by atoms with Gasteiger partial charge < -0.3 is 15.0 Å². The first-order valence-electron chi connectivity index (χ1n) is 6.92. The summed E-state index contributed by atoms with van der Waals surface area (Å²) in [5, 5.41) is 3.46. The van der Waals surface area contributed by atoms with Gasteiger partial charge in [0.2, 0.25) is 0 Å². The van der Waals surface area contributed by atoms with Crippen molar-refractivity contribution < 1.29 is 4.74 Å². The second-order valence-electron chi connectivity index (χ2n) is 4.54. The van der Waals surface area contributed by atoms with E-state index in [1.165, 1.54) is 12.8 Å². The molecule has 1 aliphatic heterocycles. The Morgan fingerprint density at radius 2 is 2.39 bits per heavy atom. The van der Waals surface area contributed by atoms with E-state index in [9.17, 15) is 0 Å². The molecule has 100 valence electrons. The number of nitrogens with one attached hydrogen (secondary N) is 1. The number of anilines is 1. The predicted molar refractivity (Wildman–Crippen MR) is 74.3 cm³/mol. The van der Waals surface area contributed by atoms with Gasteiger partial charge in [-0.3, -0.25) is 0 Å². The fourth-order valence-corrected chi connectivity index (χ4v) is 2.55. The standard InChI is InChI=1S/C14H23N3O/c1-3-17(12-7-5-9-15-11-12)14-13(18-4-2)8-6-10-16-14/h6,8,10,12,15H,3-5,7,9,11H2,1-2H3. The van der Waals surface area contributed by atoms with E-state index in [1.54, 1.807) is 0 Å². The highest BCUT2D eigenvalue weighted by Crippen LogP contribution is 2.28. The van der Waals surface area contributed by atoms with Crippen LogP contribution in [-0.2, 0) is 0 Å². The molecule has 2 heterocycles. The van der Waals surface area contributed by atoms with Crippen LogP contribution in [0.15, 0.2) is 18.3 Å². The van der Waals surface area contributed by atoms with Gasteiger partial charge in [-0.1, -0.05) is 0 Å². The average molecular weight is 249 g/mol. The highest BCUT2D eigenvalue weighted by Gasteiger charge is 2.23. The maximum Gasteiger partial charge on any atom is 0.171 e. The Labute approximate surface area is 109 Å². The lowest BCUT2D eigenvalue weighted by atomic mass is 10.1. The van der Waals surface area contributed by atoms with Crippen LogP contribution in [0.3, 0.4) is 0 Å². The lowest BCUT2D eigenvalue weighted by molar-refractivity contribution is 0.336. The smallest absolute Gasteiger partial charge is 0.171 e. The van der Waals surface area contributed by atoms with Crippen molar-refractivity contribution in [2.45, 2.75) is 32.7 Å². The van der Waals surface area contributed by atoms with Crippen LogP contribution in [0.2, 0.25) is 0 Å². The lowest BCUT2D eigenvalue weighted by Crippen LogP contribution is -2.46. The third-order valence-corrected chi connectivity index (χ3v) is 3.38. The van der Waals surface area contributed by atoms with E-state index in [2.05, 4.69) is 22.1 Å². The van der Waals surface area contributed by atoms with Crippen LogP contribution >= 0.6 is 0 Å². The summed E-state index contributed by atoms with van der Waals surface area (Å²) in [5.74, 6) is 1.88. The Balaban J connectivity index is 2.20. The first kappa shape index (κ1) is 13.1. The molecule has 1 aliphatic rings. The number of nitrogens with zero attached hydrogens (tertiary/aromatic N) is 2. The van der Waals surface area contributed by atoms with Crippen molar-refractivity contribution in [2.75, 3.05) is 31.1 Å². The molecule has 1 aromatic heterocycles. The van der Waals surface area contributed by atoms with Crippen molar-refractivity contribution >= 4 is 5.82 Å². The van der Waals surface area contributed by atoms with Gasteiger partial charge in [-0.25, -0.2) is 4.98 Å². The van der Waals surface area contributed by atoms with Crippen LogP contribution in [0.25, 0.3) is 0 Å². The maximum atomic E-state index is 5.69. The Morgan fingerprint density at radius 3 is 3.06 bits per heavy atom. The van der Waals surface area contributed by atoms with Gasteiger partial charge in [0.05, 0.1) is 6.61 Å². The molecule has 1 unspecified atom stereocenters. The molecule has 1 aromatic rings. The molecule has 1 fully saturated rings. The van der Waals surface area contributed by atoms with E-state index in [0.29, 0.717) is 12.6 Å². The molecular formula is C14H23N3O. The number of hydrogen-bond donors (Lipinski definition) is 1. The summed E-state index contributed by atoms with van der Waals surface area (Å²) in [5.41, 5.74) is 0. The molecule has 1 saturated heterocycles. The minimum absolute atomic E-state index is 0.526. The molecule has 0 aromatic carbocycles. The monoisotopic (exact) mass is 249 g/mol. The summed E-state index contributed by atoms with van der Waals surface area (Å²) < 4.78 is 5.69. The quantitative estimate of drug-likeness (QED) is 0.866. The van der Waals surface area contributed by atoms with Crippen molar-refractivity contribution in [1.82, 2.24) is 10.3 Å². The van der Waals surface area contributed by atoms with Crippen LogP contribution in [0.5, 0.6) is 5.75 Å². The summed E-state index contributed by atoms with van der Waals surface area (Å²) >= 11 is 0. The first-order valence-corrected chi connectivity index (χ1v) is 6.92. The van der Waals surface area contributed by atoms with Gasteiger partial charge in [0.15, 0.2) is 11.6 Å². The molecule has 1 atom stereocenters. The minimum atomic E-state index is 0.526. The molecule has 18 heavy (non-hydrogen) atoms. The SMILES string of the molecule is CCOc1cccnc1N(CC)C1CCCNC1. The van der Waals surface area contributed by atoms with Gasteiger partial charge >= 0.3 is 0 Å². The van der Waals surface area contributed by atoms with E-state index < -0.39 is 0 Å². The summed E-state index contributed by atoms with van der Waals surface area (Å²) in [7, 11) is 0. The van der Waals surface area contributed by atoms with Crippen LogP contribution in [0.4, 0.5) is 5.82 Å². The van der Waals surface area contributed by atoms with Gasteiger partial charge in [0.1, 0.15) is 0 Å². The maximum absolute atomic E-state index is 5.69. The zero-order chi connectivity index (χ0) is 12.8. The second kappa shape index (κ2) is 6.59. The van der Waals surface area contributed by atoms with Crippen LogP contribution in [0.1, 0.15) is 26.7 Å². The number of ether oxygens (including phenoxy) is 1. The van der Waals surface area contributed by atoms with Crippen LogP contribution < -0.4 is 15.0 Å². The lowest BCUT2D eigenvalue weighted by Gasteiger charge is -2.35. The van der Waals surface area contributed by atoms with Crippen molar-refractivity contribution in [3.8, 4) is 5.75 Å². The largest absolute Gasteiger partial charge is 0.490 e. The zero-order valence-electron chi connectivity index (χ0n) is 11.4. The number of aromatic nitrogens is 1. The summed E-state index contributed by atoms with van der Waals surface area (Å²) in [6, 6.07) is 4.46. The number of pyridine rings is 1. The topological polar surface area (TPSA) is 37.4 Å². The second-order valence-corrected chi connectivity index (χ2v) is 4.54. The highest BCUT2D eigenvalue weighted by atomic mass is 16.5. The van der Waals surface area contributed by atoms with Crippen molar-refractivity contribution in [1.29, 1.82) is 0 Å². The highest BCUT2D eigenvalue weighted by molar-refractivity contribution is 5.53. The molecule has 0 spiro atoms. The fourth-order valence-electron chi connectivity index (χ4n) is 2.55. The van der Waals surface area contributed by atoms with Gasteiger partial charge in [0.25, 0.3) is 0 Å². The molecule has 0 saturated carbocycles. The summed E-state index contributed by atoms with van der Waals surface area (Å²) in [4.78, 5) is 6.88. The molecule has 2 rings (SSSR count). The molecule has 1 N–H and O–H groups in total. The Bertz CT molecular complexity index is 364. The summed E-state index contributed by atoms with van der Waals surface area (Å²) in [6.45, 7) is 8.00.